The molecule has 1 atom stereocenters. The molecule has 0 saturated carbocycles. The Labute approximate surface area is 350 Å². The zero-order chi connectivity index (χ0) is 43.0. The molecule has 15 nitrogen and oxygen atoms in total. The van der Waals surface area contributed by atoms with Crippen molar-refractivity contribution in [2.75, 3.05) is 25.5 Å². The third kappa shape index (κ3) is 9.84. The molecule has 2 aromatic heterocycles. The summed E-state index contributed by atoms with van der Waals surface area (Å²) in [5.74, 6) is -5.72. The number of rotatable bonds is 21. The number of benzene rings is 3. The highest BCUT2D eigenvalue weighted by molar-refractivity contribution is 6.21. The summed E-state index contributed by atoms with van der Waals surface area (Å²) in [6, 6.07) is 14.6. The van der Waals surface area contributed by atoms with E-state index < -0.39 is 35.4 Å². The van der Waals surface area contributed by atoms with Gasteiger partial charge in [-0.2, -0.15) is 4.39 Å². The lowest BCUT2D eigenvalue weighted by atomic mass is 9.75. The largest absolute Gasteiger partial charge is 0.550 e. The van der Waals surface area contributed by atoms with Crippen molar-refractivity contribution in [3.05, 3.63) is 107 Å². The van der Waals surface area contributed by atoms with Gasteiger partial charge >= 0.3 is 5.97 Å². The molecule has 7 N–H and O–H groups in total. The second-order valence-corrected chi connectivity index (χ2v) is 14.7. The minimum absolute atomic E-state index is 0. The van der Waals surface area contributed by atoms with Gasteiger partial charge in [-0.05, 0) is 80.1 Å². The van der Waals surface area contributed by atoms with E-state index in [0.29, 0.717) is 91.0 Å². The molecular weight excluding hydrogens is 793 g/mol. The molecule has 5 aromatic rings. The number of aliphatic carboxylic acids is 2. The second kappa shape index (κ2) is 20.0. The minimum Gasteiger partial charge on any atom is -0.550 e. The van der Waals surface area contributed by atoms with E-state index in [1.54, 1.807) is 47.0 Å². The maximum atomic E-state index is 14.9. The van der Waals surface area contributed by atoms with Crippen molar-refractivity contribution in [3.8, 4) is 17.0 Å². The van der Waals surface area contributed by atoms with Crippen molar-refractivity contribution in [3.63, 3.8) is 0 Å². The molecule has 3 amide bonds. The summed E-state index contributed by atoms with van der Waals surface area (Å²) in [5, 5.41) is 28.1. The van der Waals surface area contributed by atoms with Crippen LogP contribution in [0.4, 0.5) is 20.3 Å². The molecule has 0 spiro atoms. The van der Waals surface area contributed by atoms with Crippen LogP contribution in [0, 0.1) is 17.0 Å². The Morgan fingerprint density at radius 1 is 0.885 bits per heavy atom. The molecule has 1 aliphatic rings. The smallest absolute Gasteiger partial charge is 0.304 e. The molecule has 1 aliphatic heterocycles. The Bertz CT molecular complexity index is 2410. The van der Waals surface area contributed by atoms with Crippen LogP contribution in [-0.4, -0.2) is 74.2 Å². The number of carbonyl (C=O) groups excluding carboxylic acids is 4. The van der Waals surface area contributed by atoms with Crippen molar-refractivity contribution in [2.24, 2.45) is 5.41 Å². The Kier molecular flexibility index (Phi) is 14.9. The van der Waals surface area contributed by atoms with Gasteiger partial charge in [0.05, 0.1) is 36.5 Å². The van der Waals surface area contributed by atoms with E-state index in [0.717, 1.165) is 5.56 Å². The Morgan fingerprint density at radius 3 is 2.21 bits per heavy atom. The van der Waals surface area contributed by atoms with Gasteiger partial charge in [-0.25, -0.2) is 14.4 Å². The molecule has 0 radical (unpaired) electrons. The quantitative estimate of drug-likeness (QED) is 0.0447. The highest BCUT2D eigenvalue weighted by Gasteiger charge is 2.36. The van der Waals surface area contributed by atoms with Gasteiger partial charge in [-0.1, -0.05) is 44.7 Å². The molecule has 61 heavy (non-hydrogen) atoms. The fourth-order valence-corrected chi connectivity index (χ4v) is 7.70. The van der Waals surface area contributed by atoms with Crippen LogP contribution < -0.4 is 26.6 Å². The normalized spacial score (nSPS) is 13.1. The number of quaternary nitrogens is 1. The summed E-state index contributed by atoms with van der Waals surface area (Å²) >= 11 is 0. The molecule has 0 fully saturated rings. The lowest BCUT2D eigenvalue weighted by Gasteiger charge is -2.34. The number of unbranched alkanes of at least 4 members (excludes halogenated alkanes) is 4. The predicted octanol–water partition coefficient (Wildman–Crippen LogP) is 6.72. The summed E-state index contributed by atoms with van der Waals surface area (Å²) in [4.78, 5) is 72.6. The zero-order valence-corrected chi connectivity index (χ0v) is 34.3. The number of anilines is 2. The van der Waals surface area contributed by atoms with Gasteiger partial charge < -0.3 is 36.5 Å². The summed E-state index contributed by atoms with van der Waals surface area (Å²) in [5.41, 5.74) is 1.64. The van der Waals surface area contributed by atoms with Crippen LogP contribution in [0.25, 0.3) is 16.9 Å². The van der Waals surface area contributed by atoms with Crippen molar-refractivity contribution < 1.29 is 47.7 Å². The number of methoxy groups -OCH3 is 1. The number of hydrogen-bond acceptors (Lipinski definition) is 10. The van der Waals surface area contributed by atoms with E-state index in [-0.39, 0.29) is 54.6 Å². The van der Waals surface area contributed by atoms with Crippen LogP contribution in [0.2, 0.25) is 0 Å². The standard InChI is InChI=1S/C44H46F2N6O8.H3N/c1-3-27-24-28(50-38-39-49-26-33(51(39)23-21-47-38)32-16-17-34(60-2)37(46)36(32)45)14-15-29(27)40(55)48-20-10-4-8-18-44(43(58)59,25-35(53)54)19-9-5-11-22-52-41(56)30-12-6-7-13-31(30)42(52)57;/h6-7,12-17,21,23-24,26H,3-5,8-11,18-20,22,25H2,1-2H3,(H,47,50)(H,48,55)(H,53,54)(H,58,59);1H3. The second-order valence-electron chi connectivity index (χ2n) is 14.7. The van der Waals surface area contributed by atoms with Crippen molar-refractivity contribution in [1.29, 1.82) is 0 Å². The predicted molar refractivity (Wildman–Crippen MR) is 221 cm³/mol. The molecule has 17 heteroatoms. The lowest BCUT2D eigenvalue weighted by molar-refractivity contribution is -0.320. The average Bonchev–Trinajstić information content (AvgIpc) is 3.77. The van der Waals surface area contributed by atoms with Crippen molar-refractivity contribution >= 4 is 46.8 Å². The zero-order valence-electron chi connectivity index (χ0n) is 34.3. The number of carboxylic acids is 2. The monoisotopic (exact) mass is 841 g/mol. The number of aryl methyl sites for hydroxylation is 1. The minimum atomic E-state index is -1.58. The van der Waals surface area contributed by atoms with Crippen LogP contribution in [0.1, 0.15) is 101 Å². The molecule has 3 heterocycles. The number of nitrogens with zero attached hydrogens (tertiary/aromatic N) is 4. The van der Waals surface area contributed by atoms with E-state index in [4.69, 9.17) is 4.74 Å². The van der Waals surface area contributed by atoms with Gasteiger partial charge in [0.25, 0.3) is 17.7 Å². The lowest BCUT2D eigenvalue weighted by Crippen LogP contribution is -2.44. The van der Waals surface area contributed by atoms with Crippen LogP contribution in [0.3, 0.4) is 0 Å². The van der Waals surface area contributed by atoms with Crippen LogP contribution >= 0.6 is 0 Å². The van der Waals surface area contributed by atoms with Crippen LogP contribution in [0.5, 0.6) is 5.75 Å². The molecule has 1 unspecified atom stereocenters. The number of carboxylic acid groups (broad SMARTS) is 2. The maximum Gasteiger partial charge on any atom is 0.304 e. The Hall–Kier alpha value is -6.75. The Balaban J connectivity index is 0.00000704. The number of hydrogen-bond donors (Lipinski definition) is 4. The van der Waals surface area contributed by atoms with Gasteiger partial charge in [0, 0.05) is 53.7 Å². The molecule has 6 rings (SSSR count). The van der Waals surface area contributed by atoms with Gasteiger partial charge in [-0.3, -0.25) is 28.5 Å². The van der Waals surface area contributed by atoms with E-state index in [2.05, 4.69) is 20.6 Å². The maximum absolute atomic E-state index is 14.9. The van der Waals surface area contributed by atoms with Crippen LogP contribution in [0.15, 0.2) is 73.2 Å². The van der Waals surface area contributed by atoms with Gasteiger partial charge in [0.15, 0.2) is 23.0 Å². The first-order valence-corrected chi connectivity index (χ1v) is 19.8. The molecule has 322 valence electrons. The number of aromatic nitrogens is 3. The first-order chi connectivity index (χ1) is 28.9. The summed E-state index contributed by atoms with van der Waals surface area (Å²) in [6.45, 7) is 2.40. The molecule has 0 bridgehead atoms. The average molecular weight is 842 g/mol. The van der Waals surface area contributed by atoms with E-state index in [1.165, 1.54) is 36.5 Å². The molecule has 3 aromatic carbocycles. The number of carbonyl (C=O) groups is 5. The number of amides is 3. The summed E-state index contributed by atoms with van der Waals surface area (Å²) in [7, 11) is 1.25. The molecule has 0 saturated heterocycles. The van der Waals surface area contributed by atoms with Crippen LogP contribution in [-0.2, 0) is 16.0 Å². The third-order valence-electron chi connectivity index (χ3n) is 10.9. The van der Waals surface area contributed by atoms with Gasteiger partial charge in [0.2, 0.25) is 5.82 Å². The Morgan fingerprint density at radius 2 is 1.57 bits per heavy atom. The van der Waals surface area contributed by atoms with E-state index in [1.807, 2.05) is 13.0 Å². The first kappa shape index (κ1) is 45.3. The van der Waals surface area contributed by atoms with Crippen molar-refractivity contribution in [1.82, 2.24) is 30.7 Å². The highest BCUT2D eigenvalue weighted by Crippen LogP contribution is 2.36. The highest BCUT2D eigenvalue weighted by atomic mass is 19.2. The van der Waals surface area contributed by atoms with Gasteiger partial charge in [0.1, 0.15) is 0 Å². The van der Waals surface area contributed by atoms with Crippen molar-refractivity contribution in [2.45, 2.75) is 71.1 Å². The fourth-order valence-electron chi connectivity index (χ4n) is 7.70. The third-order valence-corrected chi connectivity index (χ3v) is 10.9. The summed E-state index contributed by atoms with van der Waals surface area (Å²) < 4.78 is 35.9. The van der Waals surface area contributed by atoms with Gasteiger partial charge in [-0.15, -0.1) is 0 Å². The number of imidazole rings is 1. The topological polar surface area (TPSA) is 232 Å². The fraction of sp³-hybridized carbons (Fsp3) is 0.341. The number of halogens is 2. The van der Waals surface area contributed by atoms with E-state index in [9.17, 15) is 43.0 Å². The first-order valence-electron chi connectivity index (χ1n) is 19.8. The SMILES string of the molecule is CCc1cc(Nc2nccn3c(-c4ccc(OC)c(F)c4F)cnc23)ccc1C(=O)NCCCCCC(CCCCCN1C(=O)c2ccccc2C1=O)(CC(=O)O)C(=O)[O-].[NH4+]. The molecule has 0 aliphatic carbocycles. The number of nitrogens with one attached hydrogen (secondary N) is 2. The summed E-state index contributed by atoms with van der Waals surface area (Å²) in [6.07, 6.45) is 7.37. The number of fused-ring (bicyclic) bond motifs is 2. The number of ether oxygens (including phenoxy) is 1. The van der Waals surface area contributed by atoms with E-state index >= 15 is 0 Å². The molecular formula is C44H49F2N7O8. The number of imide groups is 1.